The van der Waals surface area contributed by atoms with Gasteiger partial charge in [-0.3, -0.25) is 9.69 Å². The Kier molecular flexibility index (Phi) is 7.60. The van der Waals surface area contributed by atoms with Gasteiger partial charge in [-0.1, -0.05) is 23.7 Å². The maximum Gasteiger partial charge on any atom is 0.410 e. The Labute approximate surface area is 239 Å². The van der Waals surface area contributed by atoms with Gasteiger partial charge in [0, 0.05) is 50.4 Å². The van der Waals surface area contributed by atoms with Crippen LogP contribution in [-0.2, 0) is 4.74 Å². The average molecular weight is 574 g/mol. The molecule has 11 heteroatoms. The van der Waals surface area contributed by atoms with E-state index in [1.807, 2.05) is 20.8 Å². The Balaban J connectivity index is 1.58. The van der Waals surface area contributed by atoms with Crippen LogP contribution in [0.1, 0.15) is 45.0 Å². The molecule has 0 saturated carbocycles. The second-order valence-electron chi connectivity index (χ2n) is 11.8. The highest BCUT2D eigenvalue weighted by Gasteiger charge is 2.43. The number of nitrogens with zero attached hydrogens (tertiary/aromatic N) is 5. The summed E-state index contributed by atoms with van der Waals surface area (Å²) in [6.07, 6.45) is -0.427. The van der Waals surface area contributed by atoms with E-state index in [0.717, 1.165) is 6.54 Å². The van der Waals surface area contributed by atoms with Crippen LogP contribution >= 0.6 is 11.6 Å². The normalized spacial score (nSPS) is 23.8. The van der Waals surface area contributed by atoms with Crippen LogP contribution in [-0.4, -0.2) is 102 Å². The smallest absolute Gasteiger partial charge is 0.410 e. The number of fused-ring (bicyclic) bond motifs is 2. The van der Waals surface area contributed by atoms with Crippen molar-refractivity contribution >= 4 is 29.4 Å². The van der Waals surface area contributed by atoms with Gasteiger partial charge in [-0.05, 0) is 53.8 Å². The Hall–Kier alpha value is -3.11. The maximum absolute atomic E-state index is 15.0. The van der Waals surface area contributed by atoms with Crippen LogP contribution in [0.4, 0.5) is 15.0 Å². The SMILES string of the molecule is C[C@H]1[C@H](C)N(c2nc(-c3ccccc3F)c(Cl)c3c2C(=O)N2CCN(C(=O)OC(C)(C)C)CC2CO3)CCN1C. The lowest BCUT2D eigenvalue weighted by molar-refractivity contribution is 0.000951. The summed E-state index contributed by atoms with van der Waals surface area (Å²) < 4.78 is 26.9. The lowest BCUT2D eigenvalue weighted by Crippen LogP contribution is -2.58. The fourth-order valence-corrected chi connectivity index (χ4v) is 5.87. The number of hydrogen-bond donors (Lipinski definition) is 0. The number of rotatable bonds is 2. The molecule has 3 aliphatic rings. The number of ether oxygens (including phenoxy) is 2. The molecule has 0 spiro atoms. The highest BCUT2D eigenvalue weighted by atomic mass is 35.5. The van der Waals surface area contributed by atoms with E-state index in [1.54, 1.807) is 28.0 Å². The number of anilines is 1. The topological polar surface area (TPSA) is 78.5 Å². The van der Waals surface area contributed by atoms with Crippen LogP contribution in [0.15, 0.2) is 24.3 Å². The standard InChI is InChI=1S/C29H37ClFN5O4/c1-17-18(2)35(13-11-33(17)6)26-22-25(23(30)24(32-26)20-9-7-8-10-21(20)31)39-16-19-15-34(12-14-36(19)27(22)37)28(38)40-29(3,4)5/h7-10,17-19H,11-16H2,1-6H3/t17-,18-,19?/m0/s1. The van der Waals surface area contributed by atoms with Crippen molar-refractivity contribution in [2.45, 2.75) is 58.3 Å². The van der Waals surface area contributed by atoms with E-state index in [0.29, 0.717) is 25.5 Å². The van der Waals surface area contributed by atoms with Crippen molar-refractivity contribution < 1.29 is 23.5 Å². The summed E-state index contributed by atoms with van der Waals surface area (Å²) in [6.45, 7) is 12.1. The number of pyridine rings is 1. The zero-order valence-electron chi connectivity index (χ0n) is 23.9. The molecule has 2 fully saturated rings. The van der Waals surface area contributed by atoms with Gasteiger partial charge >= 0.3 is 6.09 Å². The fraction of sp³-hybridized carbons (Fsp3) is 0.552. The van der Waals surface area contributed by atoms with E-state index >= 15 is 4.39 Å². The number of halogens is 2. The fourth-order valence-electron chi connectivity index (χ4n) is 5.58. The maximum atomic E-state index is 15.0. The van der Waals surface area contributed by atoms with Gasteiger partial charge in [0.15, 0.2) is 5.75 Å². The van der Waals surface area contributed by atoms with Crippen molar-refractivity contribution in [2.24, 2.45) is 0 Å². The van der Waals surface area contributed by atoms with Crippen LogP contribution in [0, 0.1) is 5.82 Å². The van der Waals surface area contributed by atoms with Crippen molar-refractivity contribution in [2.75, 3.05) is 51.3 Å². The van der Waals surface area contributed by atoms with Crippen LogP contribution < -0.4 is 9.64 Å². The van der Waals surface area contributed by atoms with Crippen molar-refractivity contribution in [1.82, 2.24) is 19.7 Å². The molecule has 40 heavy (non-hydrogen) atoms. The Morgan fingerprint density at radius 2 is 1.80 bits per heavy atom. The second-order valence-corrected chi connectivity index (χ2v) is 12.2. The molecule has 1 aromatic heterocycles. The minimum atomic E-state index is -0.631. The molecule has 2 aromatic rings. The molecule has 2 amide bonds. The molecule has 3 aliphatic heterocycles. The number of piperazine rings is 2. The molecule has 0 aliphatic carbocycles. The molecule has 0 radical (unpaired) electrons. The summed E-state index contributed by atoms with van der Waals surface area (Å²) >= 11 is 6.88. The molecule has 216 valence electrons. The molecule has 1 aromatic carbocycles. The summed E-state index contributed by atoms with van der Waals surface area (Å²) in [5.41, 5.74) is 0.117. The molecule has 4 heterocycles. The molecule has 2 saturated heterocycles. The minimum absolute atomic E-state index is 0.0147. The third-order valence-corrected chi connectivity index (χ3v) is 8.44. The lowest BCUT2D eigenvalue weighted by Gasteiger charge is -2.45. The van der Waals surface area contributed by atoms with Crippen molar-refractivity contribution in [3.8, 4) is 17.0 Å². The molecule has 3 atom stereocenters. The first-order valence-electron chi connectivity index (χ1n) is 13.7. The van der Waals surface area contributed by atoms with Crippen molar-refractivity contribution in [3.05, 3.63) is 40.7 Å². The molecule has 5 rings (SSSR count). The lowest BCUT2D eigenvalue weighted by atomic mass is 10.0. The monoisotopic (exact) mass is 573 g/mol. The van der Waals surface area contributed by atoms with Crippen LogP contribution in [0.3, 0.4) is 0 Å². The van der Waals surface area contributed by atoms with E-state index in [-0.39, 0.29) is 58.7 Å². The average Bonchev–Trinajstić information content (AvgIpc) is 3.04. The number of likely N-dealkylation sites (N-methyl/N-ethyl adjacent to an activating group) is 1. The van der Waals surface area contributed by atoms with Gasteiger partial charge in [-0.2, -0.15) is 0 Å². The Morgan fingerprint density at radius 3 is 2.50 bits per heavy atom. The Bertz CT molecular complexity index is 1320. The number of carbonyl (C=O) groups excluding carboxylic acids is 2. The predicted octanol–water partition coefficient (Wildman–Crippen LogP) is 4.52. The second kappa shape index (κ2) is 10.7. The molecular formula is C29H37ClFN5O4. The van der Waals surface area contributed by atoms with E-state index < -0.39 is 23.6 Å². The molecule has 0 bridgehead atoms. The highest BCUT2D eigenvalue weighted by Crippen LogP contribution is 2.44. The number of hydrogen-bond acceptors (Lipinski definition) is 7. The Morgan fingerprint density at radius 1 is 1.10 bits per heavy atom. The number of carbonyl (C=O) groups is 2. The molecule has 9 nitrogen and oxygen atoms in total. The molecule has 1 unspecified atom stereocenters. The van der Waals surface area contributed by atoms with Gasteiger partial charge in [0.25, 0.3) is 5.91 Å². The number of aromatic nitrogens is 1. The van der Waals surface area contributed by atoms with Crippen molar-refractivity contribution in [3.63, 3.8) is 0 Å². The summed E-state index contributed by atoms with van der Waals surface area (Å²) in [6, 6.07) is 6.10. The molecule has 0 N–H and O–H groups in total. The van der Waals surface area contributed by atoms with E-state index in [9.17, 15) is 9.59 Å². The first-order valence-corrected chi connectivity index (χ1v) is 14.1. The third kappa shape index (κ3) is 5.19. The summed E-state index contributed by atoms with van der Waals surface area (Å²) in [7, 11) is 2.07. The minimum Gasteiger partial charge on any atom is -0.489 e. The number of benzene rings is 1. The van der Waals surface area contributed by atoms with Gasteiger partial charge in [0.1, 0.15) is 34.4 Å². The predicted molar refractivity (Wildman–Crippen MR) is 152 cm³/mol. The highest BCUT2D eigenvalue weighted by molar-refractivity contribution is 6.35. The third-order valence-electron chi connectivity index (χ3n) is 8.08. The summed E-state index contributed by atoms with van der Waals surface area (Å²) in [4.78, 5) is 39.7. The quantitative estimate of drug-likeness (QED) is 0.522. The first kappa shape index (κ1) is 28.4. The van der Waals surface area contributed by atoms with Crippen LogP contribution in [0.25, 0.3) is 11.3 Å². The summed E-state index contributed by atoms with van der Waals surface area (Å²) in [5, 5.41) is 0.0934. The van der Waals surface area contributed by atoms with Crippen LogP contribution in [0.5, 0.6) is 5.75 Å². The molecular weight excluding hydrogens is 537 g/mol. The zero-order valence-corrected chi connectivity index (χ0v) is 24.7. The van der Waals surface area contributed by atoms with E-state index in [1.165, 1.54) is 6.07 Å². The largest absolute Gasteiger partial charge is 0.489 e. The zero-order chi connectivity index (χ0) is 28.9. The summed E-state index contributed by atoms with van der Waals surface area (Å²) in [5.74, 6) is -0.0881. The number of amides is 2. The van der Waals surface area contributed by atoms with Crippen molar-refractivity contribution in [1.29, 1.82) is 0 Å². The van der Waals surface area contributed by atoms with Gasteiger partial charge < -0.3 is 24.2 Å². The van der Waals surface area contributed by atoms with Gasteiger partial charge in [0.05, 0.1) is 11.7 Å². The van der Waals surface area contributed by atoms with E-state index in [4.69, 9.17) is 26.1 Å². The first-order chi connectivity index (χ1) is 18.9. The van der Waals surface area contributed by atoms with Gasteiger partial charge in [-0.25, -0.2) is 14.2 Å². The van der Waals surface area contributed by atoms with Crippen LogP contribution in [0.2, 0.25) is 5.02 Å². The van der Waals surface area contributed by atoms with Gasteiger partial charge in [-0.15, -0.1) is 0 Å². The van der Waals surface area contributed by atoms with Gasteiger partial charge in [0.2, 0.25) is 0 Å². The van der Waals surface area contributed by atoms with E-state index in [2.05, 4.69) is 30.7 Å².